The molecule has 0 aliphatic heterocycles. The van der Waals surface area contributed by atoms with Crippen molar-refractivity contribution in [3.05, 3.63) is 67.1 Å². The summed E-state index contributed by atoms with van der Waals surface area (Å²) < 4.78 is 5.50. The number of hydrogen-bond donors (Lipinski definition) is 0. The van der Waals surface area contributed by atoms with E-state index < -0.39 is 4.92 Å². The molecule has 0 saturated carbocycles. The summed E-state index contributed by atoms with van der Waals surface area (Å²) in [6, 6.07) is 9.14. The van der Waals surface area contributed by atoms with Crippen molar-refractivity contribution in [3.8, 4) is 5.75 Å². The third-order valence-electron chi connectivity index (χ3n) is 2.49. The molecule has 0 atom stereocenters. The number of nitro benzene ring substituents is 1. The number of non-ortho nitro benzene ring substituents is 1. The number of nitrogens with zero attached hydrogens (tertiary/aromatic N) is 1. The first-order valence-corrected chi connectivity index (χ1v) is 6.61. The molecule has 0 amide bonds. The van der Waals surface area contributed by atoms with Crippen LogP contribution >= 0.6 is 34.8 Å². The van der Waals surface area contributed by atoms with E-state index in [0.717, 1.165) is 0 Å². The molecule has 104 valence electrons. The molecule has 0 unspecified atom stereocenters. The highest BCUT2D eigenvalue weighted by Gasteiger charge is 2.09. The van der Waals surface area contributed by atoms with Crippen LogP contribution in [0.4, 0.5) is 5.69 Å². The molecule has 2 aromatic rings. The quantitative estimate of drug-likeness (QED) is 0.443. The average molecular weight is 333 g/mol. The van der Waals surface area contributed by atoms with Gasteiger partial charge in [-0.1, -0.05) is 46.9 Å². The molecule has 0 N–H and O–H groups in total. The van der Waals surface area contributed by atoms with Crippen molar-refractivity contribution < 1.29 is 9.66 Å². The molecule has 0 radical (unpaired) electrons. The Morgan fingerprint density at radius 3 is 2.45 bits per heavy atom. The Bertz CT molecular complexity index is 661. The fraction of sp³-hybridized carbons (Fsp3) is 0.0769. The molecule has 0 fully saturated rings. The smallest absolute Gasteiger partial charge is 0.269 e. The number of halogens is 3. The van der Waals surface area contributed by atoms with Crippen LogP contribution in [0.3, 0.4) is 0 Å². The van der Waals surface area contributed by atoms with Crippen LogP contribution in [0.1, 0.15) is 5.56 Å². The minimum Gasteiger partial charge on any atom is -0.487 e. The van der Waals surface area contributed by atoms with Gasteiger partial charge in [0.15, 0.2) is 0 Å². The summed E-state index contributed by atoms with van der Waals surface area (Å²) in [4.78, 5) is 10.2. The standard InChI is InChI=1S/C13H8Cl3NO3/c14-10-5-12(16)13(6-11(10)15)20-7-8-2-1-3-9(4-8)17(18)19/h1-6H,7H2. The zero-order valence-corrected chi connectivity index (χ0v) is 12.2. The highest BCUT2D eigenvalue weighted by atomic mass is 35.5. The van der Waals surface area contributed by atoms with E-state index in [1.54, 1.807) is 12.1 Å². The van der Waals surface area contributed by atoms with E-state index in [1.165, 1.54) is 24.3 Å². The molecule has 0 heterocycles. The maximum atomic E-state index is 10.7. The Balaban J connectivity index is 2.15. The third kappa shape index (κ3) is 3.54. The van der Waals surface area contributed by atoms with Crippen LogP contribution in [0.25, 0.3) is 0 Å². The van der Waals surface area contributed by atoms with E-state index in [-0.39, 0.29) is 12.3 Å². The minimum absolute atomic E-state index is 0.00587. The van der Waals surface area contributed by atoms with Crippen LogP contribution in [0, 0.1) is 10.1 Å². The molecule has 20 heavy (non-hydrogen) atoms. The lowest BCUT2D eigenvalue weighted by Gasteiger charge is -2.09. The first-order chi connectivity index (χ1) is 9.47. The number of rotatable bonds is 4. The summed E-state index contributed by atoms with van der Waals surface area (Å²) in [7, 11) is 0. The monoisotopic (exact) mass is 331 g/mol. The van der Waals surface area contributed by atoms with E-state index >= 15 is 0 Å². The second-order valence-electron chi connectivity index (χ2n) is 3.91. The lowest BCUT2D eigenvalue weighted by atomic mass is 10.2. The molecule has 0 aliphatic carbocycles. The second kappa shape index (κ2) is 6.31. The fourth-order valence-electron chi connectivity index (χ4n) is 1.54. The summed E-state index contributed by atoms with van der Waals surface area (Å²) >= 11 is 17.7. The van der Waals surface area contributed by atoms with Crippen LogP contribution in [-0.4, -0.2) is 4.92 Å². The first kappa shape index (κ1) is 14.9. The van der Waals surface area contributed by atoms with Crippen LogP contribution in [0.15, 0.2) is 36.4 Å². The average Bonchev–Trinajstić information content (AvgIpc) is 2.41. The maximum absolute atomic E-state index is 10.7. The maximum Gasteiger partial charge on any atom is 0.269 e. The van der Waals surface area contributed by atoms with E-state index in [2.05, 4.69) is 0 Å². The Labute approximate surface area is 130 Å². The van der Waals surface area contributed by atoms with Crippen molar-refractivity contribution in [3.63, 3.8) is 0 Å². The topological polar surface area (TPSA) is 52.4 Å². The Hall–Kier alpha value is -1.49. The van der Waals surface area contributed by atoms with Gasteiger partial charge < -0.3 is 4.74 Å². The molecular weight excluding hydrogens is 325 g/mol. The molecule has 0 spiro atoms. The van der Waals surface area contributed by atoms with Gasteiger partial charge in [0.05, 0.1) is 20.0 Å². The highest BCUT2D eigenvalue weighted by molar-refractivity contribution is 6.43. The summed E-state index contributed by atoms with van der Waals surface area (Å²) in [5, 5.41) is 11.7. The van der Waals surface area contributed by atoms with Crippen LogP contribution in [-0.2, 0) is 6.61 Å². The van der Waals surface area contributed by atoms with Crippen molar-refractivity contribution in [1.82, 2.24) is 0 Å². The molecule has 2 aromatic carbocycles. The van der Waals surface area contributed by atoms with Gasteiger partial charge in [0.1, 0.15) is 12.4 Å². The van der Waals surface area contributed by atoms with E-state index in [0.29, 0.717) is 26.4 Å². The Kier molecular flexibility index (Phi) is 4.70. The van der Waals surface area contributed by atoms with Gasteiger partial charge in [-0.15, -0.1) is 0 Å². The molecule has 4 nitrogen and oxygen atoms in total. The molecule has 0 aromatic heterocycles. The van der Waals surface area contributed by atoms with Gasteiger partial charge in [0, 0.05) is 18.2 Å². The lowest BCUT2D eigenvalue weighted by Crippen LogP contribution is -1.97. The number of hydrogen-bond acceptors (Lipinski definition) is 3. The van der Waals surface area contributed by atoms with Crippen molar-refractivity contribution in [1.29, 1.82) is 0 Å². The van der Waals surface area contributed by atoms with Crippen molar-refractivity contribution >= 4 is 40.5 Å². The first-order valence-electron chi connectivity index (χ1n) is 5.48. The predicted octanol–water partition coefficient (Wildman–Crippen LogP) is 5.13. The molecule has 0 saturated heterocycles. The van der Waals surface area contributed by atoms with Gasteiger partial charge in [-0.25, -0.2) is 0 Å². The van der Waals surface area contributed by atoms with Crippen molar-refractivity contribution in [2.75, 3.05) is 0 Å². The van der Waals surface area contributed by atoms with E-state index in [1.807, 2.05) is 0 Å². The number of benzene rings is 2. The highest BCUT2D eigenvalue weighted by Crippen LogP contribution is 2.34. The van der Waals surface area contributed by atoms with Gasteiger partial charge >= 0.3 is 0 Å². The molecule has 7 heteroatoms. The molecular formula is C13H8Cl3NO3. The van der Waals surface area contributed by atoms with Gasteiger partial charge in [-0.2, -0.15) is 0 Å². The van der Waals surface area contributed by atoms with Crippen LogP contribution in [0.5, 0.6) is 5.75 Å². The van der Waals surface area contributed by atoms with Crippen molar-refractivity contribution in [2.24, 2.45) is 0 Å². The minimum atomic E-state index is -0.463. The Morgan fingerprint density at radius 1 is 1.05 bits per heavy atom. The van der Waals surface area contributed by atoms with Crippen molar-refractivity contribution in [2.45, 2.75) is 6.61 Å². The summed E-state index contributed by atoms with van der Waals surface area (Å²) in [5.74, 6) is 0.368. The van der Waals surface area contributed by atoms with Gasteiger partial charge in [0.2, 0.25) is 0 Å². The molecule has 0 bridgehead atoms. The number of ether oxygens (including phenoxy) is 1. The normalized spacial score (nSPS) is 10.3. The fourth-order valence-corrected chi connectivity index (χ4v) is 2.13. The van der Waals surface area contributed by atoms with Crippen LogP contribution < -0.4 is 4.74 Å². The largest absolute Gasteiger partial charge is 0.487 e. The van der Waals surface area contributed by atoms with Gasteiger partial charge in [0.25, 0.3) is 5.69 Å². The summed E-state index contributed by atoms with van der Waals surface area (Å²) in [5.41, 5.74) is 0.660. The van der Waals surface area contributed by atoms with Gasteiger partial charge in [-0.05, 0) is 11.6 Å². The third-order valence-corrected chi connectivity index (χ3v) is 3.51. The zero-order chi connectivity index (χ0) is 14.7. The van der Waals surface area contributed by atoms with Crippen LogP contribution in [0.2, 0.25) is 15.1 Å². The second-order valence-corrected chi connectivity index (χ2v) is 5.13. The Morgan fingerprint density at radius 2 is 1.75 bits per heavy atom. The SMILES string of the molecule is O=[N+]([O-])c1cccc(COc2cc(Cl)c(Cl)cc2Cl)c1. The van der Waals surface area contributed by atoms with Gasteiger partial charge in [-0.3, -0.25) is 10.1 Å². The number of nitro groups is 1. The predicted molar refractivity (Wildman–Crippen MR) is 78.9 cm³/mol. The summed E-state index contributed by atoms with van der Waals surface area (Å²) in [6.45, 7) is 0.138. The zero-order valence-electron chi connectivity index (χ0n) is 9.98. The molecule has 2 rings (SSSR count). The summed E-state index contributed by atoms with van der Waals surface area (Å²) in [6.07, 6.45) is 0. The van der Waals surface area contributed by atoms with E-state index in [4.69, 9.17) is 39.5 Å². The lowest BCUT2D eigenvalue weighted by molar-refractivity contribution is -0.384. The van der Waals surface area contributed by atoms with E-state index in [9.17, 15) is 10.1 Å². The molecule has 0 aliphatic rings.